The van der Waals surface area contributed by atoms with E-state index in [1.54, 1.807) is 0 Å². The molecule has 0 N–H and O–H groups in total. The van der Waals surface area contributed by atoms with Crippen LogP contribution in [0.2, 0.25) is 0 Å². The van der Waals surface area contributed by atoms with Gasteiger partial charge in [-0.3, -0.25) is 0 Å². The van der Waals surface area contributed by atoms with E-state index in [4.69, 9.17) is 4.42 Å². The highest BCUT2D eigenvalue weighted by Gasteiger charge is 2.28. The number of rotatable bonds is 3. The van der Waals surface area contributed by atoms with Gasteiger partial charge in [0.05, 0.1) is 28.1 Å². The summed E-state index contributed by atoms with van der Waals surface area (Å²) in [6.45, 7) is 0. The predicted molar refractivity (Wildman–Crippen MR) is 245 cm³/mol. The number of nitrogens with zero attached hydrogens (tertiary/aromatic N) is 2. The second-order valence-corrected chi connectivity index (χ2v) is 16.3. The zero-order valence-corrected chi connectivity index (χ0v) is 32.0. The summed E-state index contributed by atoms with van der Waals surface area (Å²) in [6, 6.07) is 70.8. The lowest BCUT2D eigenvalue weighted by Crippen LogP contribution is -2.15. The number of fused-ring (bicyclic) bond motifs is 14. The van der Waals surface area contributed by atoms with Crippen LogP contribution in [0.4, 0.5) is 17.1 Å². The molecule has 4 heteroatoms. The highest BCUT2D eigenvalue weighted by atomic mass is 32.2. The van der Waals surface area contributed by atoms with Gasteiger partial charge in [0.2, 0.25) is 0 Å². The van der Waals surface area contributed by atoms with Gasteiger partial charge in [-0.2, -0.15) is 0 Å². The van der Waals surface area contributed by atoms with E-state index in [9.17, 15) is 0 Å². The third kappa shape index (κ3) is 4.52. The van der Waals surface area contributed by atoms with Crippen molar-refractivity contribution in [3.05, 3.63) is 194 Å². The minimum absolute atomic E-state index is 0.898. The van der Waals surface area contributed by atoms with Crippen LogP contribution in [0, 0.1) is 0 Å². The van der Waals surface area contributed by atoms with Crippen LogP contribution in [0.25, 0.3) is 92.9 Å². The predicted octanol–water partition coefficient (Wildman–Crippen LogP) is 15.7. The van der Waals surface area contributed by atoms with Gasteiger partial charge in [0.15, 0.2) is 5.58 Å². The van der Waals surface area contributed by atoms with E-state index < -0.39 is 0 Å². The Labute approximate surface area is 338 Å². The first kappa shape index (κ1) is 31.9. The van der Waals surface area contributed by atoms with Crippen molar-refractivity contribution in [1.82, 2.24) is 4.57 Å². The smallest absolute Gasteiger partial charge is 0.159 e. The van der Waals surface area contributed by atoms with Crippen molar-refractivity contribution in [1.29, 1.82) is 0 Å². The molecule has 3 nitrogen and oxygen atoms in total. The Bertz CT molecular complexity index is 3650. The number of hydrogen-bond donors (Lipinski definition) is 0. The normalized spacial score (nSPS) is 12.7. The average Bonchev–Trinajstić information content (AvgIpc) is 3.84. The molecule has 0 saturated heterocycles. The first-order chi connectivity index (χ1) is 28.8. The lowest BCUT2D eigenvalue weighted by molar-refractivity contribution is 0.669. The van der Waals surface area contributed by atoms with E-state index >= 15 is 0 Å². The standard InChI is InChI=1S/C54H32N2OS/c1-2-14-38-36(12-1)37-13-3-4-15-39(37)44-32-35(26-27-40(38)44)55-46-19-7-5-16-41(46)45-30-33(24-28-47(45)55)34-25-29-49-53(31-34)58-52-23-10-8-20-48(52)56(49)50-21-11-18-43-42-17-6-9-22-51(42)57-54(43)50/h1-32H. The van der Waals surface area contributed by atoms with E-state index in [1.807, 2.05) is 17.8 Å². The van der Waals surface area contributed by atoms with Gasteiger partial charge in [0.1, 0.15) is 5.58 Å². The molecule has 0 fully saturated rings. The van der Waals surface area contributed by atoms with Crippen molar-refractivity contribution in [2.45, 2.75) is 9.79 Å². The second kappa shape index (κ2) is 12.1. The van der Waals surface area contributed by atoms with Crippen LogP contribution in [0.1, 0.15) is 0 Å². The molecule has 3 heterocycles. The minimum Gasteiger partial charge on any atom is -0.454 e. The lowest BCUT2D eigenvalue weighted by Gasteiger charge is -2.33. The number of furan rings is 1. The topological polar surface area (TPSA) is 21.3 Å². The molecule has 1 aliphatic rings. The van der Waals surface area contributed by atoms with Crippen LogP contribution in [0.5, 0.6) is 0 Å². The van der Waals surface area contributed by atoms with Crippen molar-refractivity contribution < 1.29 is 4.42 Å². The molecule has 0 amide bonds. The Morgan fingerprint density at radius 2 is 0.931 bits per heavy atom. The van der Waals surface area contributed by atoms with E-state index in [-0.39, 0.29) is 0 Å². The number of hydrogen-bond acceptors (Lipinski definition) is 3. The Morgan fingerprint density at radius 1 is 0.345 bits per heavy atom. The summed E-state index contributed by atoms with van der Waals surface area (Å²) < 4.78 is 9.01. The molecule has 0 aliphatic carbocycles. The maximum atomic E-state index is 6.58. The highest BCUT2D eigenvalue weighted by Crippen LogP contribution is 2.54. The summed E-state index contributed by atoms with van der Waals surface area (Å²) in [5.74, 6) is 0. The molecule has 2 aromatic heterocycles. The van der Waals surface area contributed by atoms with Crippen LogP contribution in [-0.4, -0.2) is 4.57 Å². The monoisotopic (exact) mass is 756 g/mol. The SMILES string of the molecule is c1ccc2c(c1)Sc1cc(-c3ccc4c(c3)c3ccccc3n4-c3ccc4c5ccccc5c5ccccc5c4c3)ccc1N2c1cccc2c1oc1ccccc12. The summed E-state index contributed by atoms with van der Waals surface area (Å²) in [7, 11) is 0. The van der Waals surface area contributed by atoms with Crippen LogP contribution in [0.3, 0.4) is 0 Å². The molecule has 0 saturated carbocycles. The summed E-state index contributed by atoms with van der Waals surface area (Å²) in [5, 5.41) is 12.4. The quantitative estimate of drug-likeness (QED) is 0.168. The molecule has 0 atom stereocenters. The largest absolute Gasteiger partial charge is 0.454 e. The maximum Gasteiger partial charge on any atom is 0.159 e. The zero-order valence-electron chi connectivity index (χ0n) is 31.2. The van der Waals surface area contributed by atoms with Gasteiger partial charge in [-0.05, 0) is 110 Å². The Balaban J connectivity index is 0.967. The third-order valence-electron chi connectivity index (χ3n) is 12.1. The molecule has 270 valence electrons. The van der Waals surface area contributed by atoms with Crippen molar-refractivity contribution in [3.8, 4) is 16.8 Å². The summed E-state index contributed by atoms with van der Waals surface area (Å²) >= 11 is 1.83. The third-order valence-corrected chi connectivity index (χ3v) is 13.3. The minimum atomic E-state index is 0.898. The van der Waals surface area contributed by atoms with Gasteiger partial charge in [0, 0.05) is 37.0 Å². The zero-order chi connectivity index (χ0) is 37.9. The summed E-state index contributed by atoms with van der Waals surface area (Å²) in [6.07, 6.45) is 0. The van der Waals surface area contributed by atoms with Crippen molar-refractivity contribution >= 4 is 105 Å². The first-order valence-corrected chi connectivity index (χ1v) is 20.6. The number of anilines is 3. The van der Waals surface area contributed by atoms with E-state index in [0.717, 1.165) is 44.7 Å². The van der Waals surface area contributed by atoms with E-state index in [2.05, 4.69) is 198 Å². The van der Waals surface area contributed by atoms with Crippen LogP contribution >= 0.6 is 11.8 Å². The van der Waals surface area contributed by atoms with Gasteiger partial charge < -0.3 is 13.9 Å². The van der Waals surface area contributed by atoms with Crippen LogP contribution in [0.15, 0.2) is 208 Å². The molecule has 0 bridgehead atoms. The molecule has 0 unspecified atom stereocenters. The molecule has 10 aromatic carbocycles. The summed E-state index contributed by atoms with van der Waals surface area (Å²) in [4.78, 5) is 4.81. The van der Waals surface area contributed by atoms with Crippen molar-refractivity contribution in [3.63, 3.8) is 0 Å². The van der Waals surface area contributed by atoms with Gasteiger partial charge >= 0.3 is 0 Å². The molecule has 0 spiro atoms. The number of benzene rings is 10. The van der Waals surface area contributed by atoms with Gasteiger partial charge in [-0.15, -0.1) is 0 Å². The number of aromatic nitrogens is 1. The Morgan fingerprint density at radius 3 is 1.76 bits per heavy atom. The number of para-hydroxylation sites is 4. The Hall–Kier alpha value is -7.27. The van der Waals surface area contributed by atoms with E-state index in [1.165, 1.54) is 75.0 Å². The molecular weight excluding hydrogens is 725 g/mol. The van der Waals surface area contributed by atoms with Crippen molar-refractivity contribution in [2.24, 2.45) is 0 Å². The van der Waals surface area contributed by atoms with Gasteiger partial charge in [-0.25, -0.2) is 0 Å². The molecular formula is C54H32N2OS. The molecule has 13 rings (SSSR count). The fraction of sp³-hybridized carbons (Fsp3) is 0. The second-order valence-electron chi connectivity index (χ2n) is 15.2. The average molecular weight is 757 g/mol. The fourth-order valence-corrected chi connectivity index (χ4v) is 10.7. The van der Waals surface area contributed by atoms with Gasteiger partial charge in [0.25, 0.3) is 0 Å². The Kier molecular flexibility index (Phi) is 6.66. The maximum absolute atomic E-state index is 6.58. The van der Waals surface area contributed by atoms with Crippen LogP contribution < -0.4 is 4.90 Å². The first-order valence-electron chi connectivity index (χ1n) is 19.8. The highest BCUT2D eigenvalue weighted by molar-refractivity contribution is 7.99. The van der Waals surface area contributed by atoms with Crippen molar-refractivity contribution in [2.75, 3.05) is 4.90 Å². The van der Waals surface area contributed by atoms with Gasteiger partial charge in [-0.1, -0.05) is 139 Å². The summed E-state index contributed by atoms with van der Waals surface area (Å²) in [5.41, 5.74) is 11.1. The molecule has 58 heavy (non-hydrogen) atoms. The molecule has 1 aliphatic heterocycles. The van der Waals surface area contributed by atoms with E-state index in [0.29, 0.717) is 0 Å². The van der Waals surface area contributed by atoms with Crippen LogP contribution in [-0.2, 0) is 0 Å². The molecule has 0 radical (unpaired) electrons. The fourth-order valence-electron chi connectivity index (χ4n) is 9.57. The molecule has 12 aromatic rings. The lowest BCUT2D eigenvalue weighted by atomic mass is 9.94.